The van der Waals surface area contributed by atoms with E-state index < -0.39 is 0 Å². The molecule has 1 fully saturated rings. The zero-order chi connectivity index (χ0) is 12.7. The van der Waals surface area contributed by atoms with Crippen molar-refractivity contribution < 1.29 is 9.84 Å². The van der Waals surface area contributed by atoms with Crippen LogP contribution in [0.2, 0.25) is 5.28 Å². The van der Waals surface area contributed by atoms with Crippen molar-refractivity contribution in [2.24, 2.45) is 0 Å². The molecule has 0 bridgehead atoms. The second-order valence-corrected chi connectivity index (χ2v) is 4.51. The van der Waals surface area contributed by atoms with E-state index in [1.807, 2.05) is 0 Å². The first-order valence-corrected chi connectivity index (χ1v) is 5.98. The molecule has 2 aromatic heterocycles. The lowest BCUT2D eigenvalue weighted by molar-refractivity contribution is -0.0207. The van der Waals surface area contributed by atoms with E-state index in [0.717, 1.165) is 12.8 Å². The number of halogens is 1. The molecule has 1 aliphatic heterocycles. The molecule has 0 radical (unpaired) electrons. The molecule has 2 aromatic rings. The van der Waals surface area contributed by atoms with Crippen LogP contribution in [0.3, 0.4) is 0 Å². The molecular formula is C10H12ClN5O2. The molecule has 18 heavy (non-hydrogen) atoms. The zero-order valence-electron chi connectivity index (χ0n) is 9.45. The number of fused-ring (bicyclic) bond motifs is 1. The Kier molecular flexibility index (Phi) is 2.81. The first-order valence-electron chi connectivity index (χ1n) is 5.61. The number of hydrogen-bond acceptors (Lipinski definition) is 6. The summed E-state index contributed by atoms with van der Waals surface area (Å²) in [6.45, 7) is 0.0149. The maximum absolute atomic E-state index is 9.07. The van der Waals surface area contributed by atoms with Crippen LogP contribution >= 0.6 is 11.6 Å². The lowest BCUT2D eigenvalue weighted by Gasteiger charge is -2.13. The minimum Gasteiger partial charge on any atom is -0.394 e. The maximum Gasteiger partial charge on any atom is 0.226 e. The highest BCUT2D eigenvalue weighted by Gasteiger charge is 2.27. The lowest BCUT2D eigenvalue weighted by Crippen LogP contribution is -2.14. The molecule has 0 amide bonds. The van der Waals surface area contributed by atoms with Gasteiger partial charge >= 0.3 is 0 Å². The first kappa shape index (κ1) is 11.6. The molecular weight excluding hydrogens is 258 g/mol. The van der Waals surface area contributed by atoms with Gasteiger partial charge in [0.25, 0.3) is 0 Å². The maximum atomic E-state index is 9.07. The minimum atomic E-state index is -0.197. The Morgan fingerprint density at radius 2 is 2.33 bits per heavy atom. The topological polar surface area (TPSA) is 99.1 Å². The SMILES string of the molecule is Nc1nc(Cl)nc2c1ncn2[C@H]1CC[C@@H](CO)O1. The molecule has 0 unspecified atom stereocenters. The van der Waals surface area contributed by atoms with E-state index in [-0.39, 0.29) is 30.0 Å². The summed E-state index contributed by atoms with van der Waals surface area (Å²) in [7, 11) is 0. The number of aliphatic hydroxyl groups is 1. The van der Waals surface area contributed by atoms with Crippen LogP contribution in [0, 0.1) is 0 Å². The summed E-state index contributed by atoms with van der Waals surface area (Å²) in [4.78, 5) is 12.1. The highest BCUT2D eigenvalue weighted by atomic mass is 35.5. The summed E-state index contributed by atoms with van der Waals surface area (Å²) in [6, 6.07) is 0. The van der Waals surface area contributed by atoms with E-state index in [2.05, 4.69) is 15.0 Å². The van der Waals surface area contributed by atoms with Crippen molar-refractivity contribution in [3.05, 3.63) is 11.6 Å². The summed E-state index contributed by atoms with van der Waals surface area (Å²) in [5, 5.41) is 9.15. The van der Waals surface area contributed by atoms with Crippen LogP contribution in [-0.2, 0) is 4.74 Å². The fraction of sp³-hybridized carbons (Fsp3) is 0.500. The summed E-state index contributed by atoms with van der Waals surface area (Å²) in [5.74, 6) is 0.250. The summed E-state index contributed by atoms with van der Waals surface area (Å²) in [6.07, 6.45) is 2.86. The number of nitrogens with zero attached hydrogens (tertiary/aromatic N) is 4. The second kappa shape index (κ2) is 4.34. The van der Waals surface area contributed by atoms with Crippen LogP contribution in [0.1, 0.15) is 19.1 Å². The quantitative estimate of drug-likeness (QED) is 0.780. The number of aliphatic hydroxyl groups excluding tert-OH is 1. The van der Waals surface area contributed by atoms with Gasteiger partial charge in [-0.3, -0.25) is 4.57 Å². The lowest BCUT2D eigenvalue weighted by atomic mass is 10.2. The number of nitrogen functional groups attached to an aromatic ring is 1. The molecule has 3 heterocycles. The highest BCUT2D eigenvalue weighted by Crippen LogP contribution is 2.31. The molecule has 1 saturated heterocycles. The third-order valence-electron chi connectivity index (χ3n) is 3.02. The van der Waals surface area contributed by atoms with Crippen molar-refractivity contribution in [2.75, 3.05) is 12.3 Å². The number of aromatic nitrogens is 4. The van der Waals surface area contributed by atoms with Crippen molar-refractivity contribution in [1.82, 2.24) is 19.5 Å². The number of rotatable bonds is 2. The van der Waals surface area contributed by atoms with Gasteiger partial charge in [0.2, 0.25) is 5.28 Å². The van der Waals surface area contributed by atoms with Crippen molar-refractivity contribution in [2.45, 2.75) is 25.2 Å². The summed E-state index contributed by atoms with van der Waals surface area (Å²) in [5.41, 5.74) is 6.79. The van der Waals surface area contributed by atoms with Gasteiger partial charge < -0.3 is 15.6 Å². The highest BCUT2D eigenvalue weighted by molar-refractivity contribution is 6.28. The molecule has 0 spiro atoms. The van der Waals surface area contributed by atoms with Crippen LogP contribution in [0.5, 0.6) is 0 Å². The van der Waals surface area contributed by atoms with E-state index >= 15 is 0 Å². The molecule has 0 saturated carbocycles. The van der Waals surface area contributed by atoms with Crippen molar-refractivity contribution in [3.8, 4) is 0 Å². The van der Waals surface area contributed by atoms with Crippen LogP contribution in [0.25, 0.3) is 11.2 Å². The number of imidazole rings is 1. The van der Waals surface area contributed by atoms with Crippen LogP contribution in [0.4, 0.5) is 5.82 Å². The second-order valence-electron chi connectivity index (χ2n) is 4.17. The molecule has 96 valence electrons. The minimum absolute atomic E-state index is 0.0149. The molecule has 1 aliphatic rings. The standard InChI is InChI=1S/C10H12ClN5O2/c11-10-14-8(12)7-9(15-10)16(4-13-7)6-2-1-5(3-17)18-6/h4-6,17H,1-3H2,(H2,12,14,15)/t5-,6+/m0/s1. The van der Waals surface area contributed by atoms with Crippen molar-refractivity contribution >= 4 is 28.6 Å². The molecule has 3 N–H and O–H groups in total. The predicted molar refractivity (Wildman–Crippen MR) is 65.0 cm³/mol. The Morgan fingerprint density at radius 1 is 1.50 bits per heavy atom. The van der Waals surface area contributed by atoms with Crippen LogP contribution in [-0.4, -0.2) is 37.3 Å². The molecule has 8 heteroatoms. The molecule has 0 aromatic carbocycles. The van der Waals surface area contributed by atoms with Gasteiger partial charge in [-0.05, 0) is 24.4 Å². The summed E-state index contributed by atoms with van der Waals surface area (Å²) >= 11 is 5.79. The number of ether oxygens (including phenoxy) is 1. The zero-order valence-corrected chi connectivity index (χ0v) is 10.2. The van der Waals surface area contributed by atoms with E-state index in [1.165, 1.54) is 0 Å². The largest absolute Gasteiger partial charge is 0.394 e. The molecule has 7 nitrogen and oxygen atoms in total. The number of hydrogen-bond donors (Lipinski definition) is 2. The first-order chi connectivity index (χ1) is 8.69. The average molecular weight is 270 g/mol. The summed E-state index contributed by atoms with van der Waals surface area (Å²) < 4.78 is 7.44. The third kappa shape index (κ3) is 1.80. The van der Waals surface area contributed by atoms with Gasteiger partial charge in [-0.2, -0.15) is 9.97 Å². The van der Waals surface area contributed by atoms with Crippen molar-refractivity contribution in [1.29, 1.82) is 0 Å². The Bertz CT molecular complexity index is 587. The van der Waals surface area contributed by atoms with Gasteiger partial charge in [-0.25, -0.2) is 4.98 Å². The van der Waals surface area contributed by atoms with Crippen LogP contribution in [0.15, 0.2) is 6.33 Å². The number of anilines is 1. The average Bonchev–Trinajstić information content (AvgIpc) is 2.93. The van der Waals surface area contributed by atoms with E-state index in [0.29, 0.717) is 11.2 Å². The normalized spacial score (nSPS) is 23.9. The van der Waals surface area contributed by atoms with E-state index in [9.17, 15) is 0 Å². The smallest absolute Gasteiger partial charge is 0.226 e. The van der Waals surface area contributed by atoms with E-state index in [1.54, 1.807) is 10.9 Å². The Labute approximate surface area is 108 Å². The van der Waals surface area contributed by atoms with Gasteiger partial charge in [0.15, 0.2) is 11.5 Å². The number of nitrogens with two attached hydrogens (primary N) is 1. The Morgan fingerprint density at radius 3 is 3.06 bits per heavy atom. The van der Waals surface area contributed by atoms with Gasteiger partial charge in [0, 0.05) is 0 Å². The molecule has 2 atom stereocenters. The van der Waals surface area contributed by atoms with E-state index in [4.69, 9.17) is 27.2 Å². The fourth-order valence-electron chi connectivity index (χ4n) is 2.15. The fourth-order valence-corrected chi connectivity index (χ4v) is 2.32. The monoisotopic (exact) mass is 269 g/mol. The van der Waals surface area contributed by atoms with Crippen LogP contribution < -0.4 is 5.73 Å². The van der Waals surface area contributed by atoms with Crippen molar-refractivity contribution in [3.63, 3.8) is 0 Å². The Hall–Kier alpha value is -1.44. The molecule has 0 aliphatic carbocycles. The molecule has 3 rings (SSSR count). The third-order valence-corrected chi connectivity index (χ3v) is 3.19. The van der Waals surface area contributed by atoms with Gasteiger partial charge in [-0.1, -0.05) is 0 Å². The Balaban J connectivity index is 2.03. The van der Waals surface area contributed by atoms with Gasteiger partial charge in [-0.15, -0.1) is 0 Å². The van der Waals surface area contributed by atoms with Gasteiger partial charge in [0.05, 0.1) is 19.0 Å². The van der Waals surface area contributed by atoms with Gasteiger partial charge in [0.1, 0.15) is 11.7 Å². The predicted octanol–water partition coefficient (Wildman–Crippen LogP) is 0.732.